The van der Waals surface area contributed by atoms with E-state index in [1.807, 2.05) is 0 Å². The molecule has 0 bridgehead atoms. The van der Waals surface area contributed by atoms with Crippen LogP contribution in [0.15, 0.2) is 0 Å². The maximum absolute atomic E-state index is 12.4. The van der Waals surface area contributed by atoms with Crippen LogP contribution in [0, 0.1) is 0 Å². The standard InChI is InChI=1S/C33H67NO5/c1-3-5-7-9-11-13-15-16-17-19-20-22-24-26-30(36)32(38)29(28-35)34-33(39)31(37)27-25-23-21-18-14-12-10-8-6-4-2/h29-32,35-38H,3-28H2,1-2H3,(H,34,39). The summed E-state index contributed by atoms with van der Waals surface area (Å²) in [6.45, 7) is 4.00. The van der Waals surface area contributed by atoms with Crippen LogP contribution in [0.25, 0.3) is 0 Å². The van der Waals surface area contributed by atoms with E-state index in [1.165, 1.54) is 109 Å². The number of aliphatic hydroxyl groups is 4. The third-order valence-electron chi connectivity index (χ3n) is 8.07. The second-order valence-electron chi connectivity index (χ2n) is 11.9. The molecular formula is C33H67NO5. The summed E-state index contributed by atoms with van der Waals surface area (Å²) in [7, 11) is 0. The zero-order valence-corrected chi connectivity index (χ0v) is 25.9. The van der Waals surface area contributed by atoms with Crippen molar-refractivity contribution in [1.82, 2.24) is 5.32 Å². The maximum Gasteiger partial charge on any atom is 0.249 e. The van der Waals surface area contributed by atoms with Crippen LogP contribution in [0.1, 0.15) is 174 Å². The number of aliphatic hydroxyl groups excluding tert-OH is 4. The summed E-state index contributed by atoms with van der Waals surface area (Å²) in [5, 5.41) is 43.2. The van der Waals surface area contributed by atoms with Crippen LogP contribution in [0.5, 0.6) is 0 Å². The van der Waals surface area contributed by atoms with Gasteiger partial charge in [-0.15, -0.1) is 0 Å². The molecule has 6 heteroatoms. The van der Waals surface area contributed by atoms with E-state index in [4.69, 9.17) is 0 Å². The maximum atomic E-state index is 12.4. The lowest BCUT2D eigenvalue weighted by Gasteiger charge is -2.27. The molecule has 0 rings (SSSR count). The van der Waals surface area contributed by atoms with Gasteiger partial charge in [-0.3, -0.25) is 4.79 Å². The first-order chi connectivity index (χ1) is 19.0. The summed E-state index contributed by atoms with van der Waals surface area (Å²) < 4.78 is 0. The topological polar surface area (TPSA) is 110 Å². The van der Waals surface area contributed by atoms with Crippen LogP contribution < -0.4 is 5.32 Å². The Morgan fingerprint density at radius 1 is 0.538 bits per heavy atom. The molecule has 5 N–H and O–H groups in total. The Hall–Kier alpha value is -0.690. The smallest absolute Gasteiger partial charge is 0.249 e. The zero-order chi connectivity index (χ0) is 29.0. The molecule has 0 aliphatic heterocycles. The van der Waals surface area contributed by atoms with E-state index in [0.29, 0.717) is 12.8 Å². The first-order valence-electron chi connectivity index (χ1n) is 16.9. The lowest BCUT2D eigenvalue weighted by Crippen LogP contribution is -2.53. The molecule has 0 heterocycles. The van der Waals surface area contributed by atoms with E-state index in [2.05, 4.69) is 19.2 Å². The Labute approximate surface area is 241 Å². The summed E-state index contributed by atoms with van der Waals surface area (Å²) in [6.07, 6.45) is 25.5. The summed E-state index contributed by atoms with van der Waals surface area (Å²) >= 11 is 0. The Morgan fingerprint density at radius 2 is 0.872 bits per heavy atom. The van der Waals surface area contributed by atoms with Gasteiger partial charge in [0, 0.05) is 0 Å². The number of carbonyl (C=O) groups excluding carboxylic acids is 1. The van der Waals surface area contributed by atoms with Crippen molar-refractivity contribution in [2.45, 2.75) is 199 Å². The fourth-order valence-electron chi connectivity index (χ4n) is 5.28. The van der Waals surface area contributed by atoms with Crippen molar-refractivity contribution in [2.24, 2.45) is 0 Å². The highest BCUT2D eigenvalue weighted by atomic mass is 16.3. The van der Waals surface area contributed by atoms with Crippen molar-refractivity contribution >= 4 is 5.91 Å². The van der Waals surface area contributed by atoms with E-state index in [1.54, 1.807) is 0 Å². The monoisotopic (exact) mass is 558 g/mol. The fourth-order valence-corrected chi connectivity index (χ4v) is 5.28. The number of rotatable bonds is 30. The predicted molar refractivity (Wildman–Crippen MR) is 164 cm³/mol. The Bertz CT molecular complexity index is 518. The molecule has 0 aliphatic rings. The zero-order valence-electron chi connectivity index (χ0n) is 25.9. The highest BCUT2D eigenvalue weighted by molar-refractivity contribution is 5.80. The molecule has 4 atom stereocenters. The molecule has 0 aromatic rings. The fraction of sp³-hybridized carbons (Fsp3) is 0.970. The van der Waals surface area contributed by atoms with Crippen LogP contribution in [0.4, 0.5) is 0 Å². The van der Waals surface area contributed by atoms with E-state index in [-0.39, 0.29) is 0 Å². The molecule has 234 valence electrons. The number of hydrogen-bond acceptors (Lipinski definition) is 5. The number of carbonyl (C=O) groups is 1. The summed E-state index contributed by atoms with van der Waals surface area (Å²) in [5.41, 5.74) is 0. The lowest BCUT2D eigenvalue weighted by atomic mass is 9.99. The molecule has 6 nitrogen and oxygen atoms in total. The van der Waals surface area contributed by atoms with Crippen molar-refractivity contribution in [2.75, 3.05) is 6.61 Å². The van der Waals surface area contributed by atoms with Gasteiger partial charge in [-0.1, -0.05) is 162 Å². The summed E-state index contributed by atoms with van der Waals surface area (Å²) in [4.78, 5) is 12.4. The molecule has 0 saturated carbocycles. The quantitative estimate of drug-likeness (QED) is 0.0594. The molecule has 0 aromatic heterocycles. The van der Waals surface area contributed by atoms with Gasteiger partial charge >= 0.3 is 0 Å². The van der Waals surface area contributed by atoms with Gasteiger partial charge in [0.1, 0.15) is 12.2 Å². The van der Waals surface area contributed by atoms with Gasteiger partial charge in [-0.25, -0.2) is 0 Å². The molecule has 0 saturated heterocycles. The van der Waals surface area contributed by atoms with Gasteiger partial charge in [0.2, 0.25) is 5.91 Å². The summed E-state index contributed by atoms with van der Waals surface area (Å²) in [5.74, 6) is -0.586. The highest BCUT2D eigenvalue weighted by Crippen LogP contribution is 2.16. The van der Waals surface area contributed by atoms with Gasteiger partial charge in [-0.05, 0) is 12.8 Å². The van der Waals surface area contributed by atoms with Gasteiger partial charge in [-0.2, -0.15) is 0 Å². The molecule has 0 fully saturated rings. The average molecular weight is 558 g/mol. The molecule has 4 unspecified atom stereocenters. The van der Waals surface area contributed by atoms with Crippen molar-refractivity contribution in [3.05, 3.63) is 0 Å². The SMILES string of the molecule is CCCCCCCCCCCCCCCC(O)C(O)C(CO)NC(=O)C(O)CCCCCCCCCCCC. The largest absolute Gasteiger partial charge is 0.394 e. The normalized spacial score (nSPS) is 14.7. The predicted octanol–water partition coefficient (Wildman–Crippen LogP) is 7.34. The molecule has 39 heavy (non-hydrogen) atoms. The van der Waals surface area contributed by atoms with Crippen LogP contribution >= 0.6 is 0 Å². The van der Waals surface area contributed by atoms with Crippen molar-refractivity contribution in [1.29, 1.82) is 0 Å². The minimum atomic E-state index is -1.25. The second-order valence-corrected chi connectivity index (χ2v) is 11.9. The minimum Gasteiger partial charge on any atom is -0.394 e. The second kappa shape index (κ2) is 28.8. The van der Waals surface area contributed by atoms with Crippen molar-refractivity contribution in [3.63, 3.8) is 0 Å². The molecule has 0 aromatic carbocycles. The lowest BCUT2D eigenvalue weighted by molar-refractivity contribution is -0.132. The van der Waals surface area contributed by atoms with Crippen LogP contribution in [0.3, 0.4) is 0 Å². The first-order valence-corrected chi connectivity index (χ1v) is 16.9. The van der Waals surface area contributed by atoms with Gasteiger partial charge in [0.25, 0.3) is 0 Å². The molecule has 1 amide bonds. The Balaban J connectivity index is 3.84. The third-order valence-corrected chi connectivity index (χ3v) is 8.07. The molecule has 0 spiro atoms. The van der Waals surface area contributed by atoms with E-state index in [0.717, 1.165) is 38.5 Å². The van der Waals surface area contributed by atoms with Gasteiger partial charge in [0.15, 0.2) is 0 Å². The highest BCUT2D eigenvalue weighted by Gasteiger charge is 2.28. The third kappa shape index (κ3) is 23.7. The van der Waals surface area contributed by atoms with Crippen LogP contribution in [-0.4, -0.2) is 57.3 Å². The number of unbranched alkanes of at least 4 members (excludes halogenated alkanes) is 21. The van der Waals surface area contributed by atoms with Gasteiger partial charge in [0.05, 0.1) is 18.8 Å². The van der Waals surface area contributed by atoms with E-state index >= 15 is 0 Å². The average Bonchev–Trinajstić information content (AvgIpc) is 2.94. The van der Waals surface area contributed by atoms with Crippen molar-refractivity contribution < 1.29 is 25.2 Å². The molecular weight excluding hydrogens is 490 g/mol. The number of hydrogen-bond donors (Lipinski definition) is 5. The minimum absolute atomic E-state index is 0.373. The molecule has 0 aliphatic carbocycles. The Kier molecular flexibility index (Phi) is 28.3. The van der Waals surface area contributed by atoms with Crippen LogP contribution in [0.2, 0.25) is 0 Å². The van der Waals surface area contributed by atoms with Gasteiger partial charge < -0.3 is 25.7 Å². The van der Waals surface area contributed by atoms with E-state index in [9.17, 15) is 25.2 Å². The Morgan fingerprint density at radius 3 is 1.23 bits per heavy atom. The van der Waals surface area contributed by atoms with Crippen LogP contribution in [-0.2, 0) is 4.79 Å². The summed E-state index contributed by atoms with van der Waals surface area (Å²) in [6, 6.07) is -0.975. The molecule has 0 radical (unpaired) electrons. The van der Waals surface area contributed by atoms with Crippen molar-refractivity contribution in [3.8, 4) is 0 Å². The van der Waals surface area contributed by atoms with E-state index < -0.39 is 36.9 Å². The number of nitrogens with one attached hydrogen (secondary N) is 1. The number of amides is 1. The first kappa shape index (κ1) is 38.3.